The minimum atomic E-state index is -1.23. The van der Waals surface area contributed by atoms with Crippen LogP contribution in [0.5, 0.6) is 0 Å². The van der Waals surface area contributed by atoms with Crippen LogP contribution in [0.3, 0.4) is 0 Å². The first-order valence-corrected chi connectivity index (χ1v) is 6.24. The van der Waals surface area contributed by atoms with E-state index >= 15 is 0 Å². The van der Waals surface area contributed by atoms with Crippen LogP contribution >= 0.6 is 0 Å². The molecule has 118 valence electrons. The standard InChI is InChI=1S/C13H15BO8/c1-4-6-18-12(15)10(8-17-3)21-14-20-9-11(22-14)13(16)19-7-5-2/h1-2,10-11H,6-9H2,3H3. The van der Waals surface area contributed by atoms with E-state index in [2.05, 4.69) is 11.8 Å². The molecule has 1 fully saturated rings. The summed E-state index contributed by atoms with van der Waals surface area (Å²) in [6, 6.07) is 0. The highest BCUT2D eigenvalue weighted by molar-refractivity contribution is 6.38. The summed E-state index contributed by atoms with van der Waals surface area (Å²) in [5.74, 6) is 2.89. The zero-order chi connectivity index (χ0) is 16.4. The minimum absolute atomic E-state index is 0.0901. The highest BCUT2D eigenvalue weighted by Gasteiger charge is 2.42. The Morgan fingerprint density at radius 2 is 2.00 bits per heavy atom. The highest BCUT2D eigenvalue weighted by Crippen LogP contribution is 2.13. The Bertz CT molecular complexity index is 466. The van der Waals surface area contributed by atoms with E-state index in [1.165, 1.54) is 7.11 Å². The monoisotopic (exact) mass is 310 g/mol. The van der Waals surface area contributed by atoms with E-state index in [9.17, 15) is 9.59 Å². The number of hydrogen-bond acceptors (Lipinski definition) is 8. The van der Waals surface area contributed by atoms with Crippen LogP contribution < -0.4 is 0 Å². The molecule has 1 aliphatic heterocycles. The summed E-state index contributed by atoms with van der Waals surface area (Å²) in [4.78, 5) is 23.2. The first-order valence-electron chi connectivity index (χ1n) is 6.24. The maximum atomic E-state index is 11.7. The Morgan fingerprint density at radius 1 is 1.32 bits per heavy atom. The number of rotatable bonds is 8. The van der Waals surface area contributed by atoms with Crippen LogP contribution in [0.25, 0.3) is 0 Å². The fourth-order valence-corrected chi connectivity index (χ4v) is 1.43. The largest absolute Gasteiger partial charge is 0.641 e. The molecule has 1 saturated heterocycles. The molecule has 1 heterocycles. The second-order valence-electron chi connectivity index (χ2n) is 3.95. The van der Waals surface area contributed by atoms with Gasteiger partial charge in [-0.25, -0.2) is 9.59 Å². The van der Waals surface area contributed by atoms with Gasteiger partial charge in [0, 0.05) is 7.11 Å². The summed E-state index contributed by atoms with van der Waals surface area (Å²) in [7, 11) is 0.142. The van der Waals surface area contributed by atoms with Gasteiger partial charge in [0.2, 0.25) is 0 Å². The number of ether oxygens (including phenoxy) is 3. The molecule has 0 aromatic rings. The van der Waals surface area contributed by atoms with E-state index in [-0.39, 0.29) is 26.4 Å². The Morgan fingerprint density at radius 3 is 2.64 bits per heavy atom. The lowest BCUT2D eigenvalue weighted by Crippen LogP contribution is -2.38. The number of hydrogen-bond donors (Lipinski definition) is 0. The molecule has 0 radical (unpaired) electrons. The fourth-order valence-electron chi connectivity index (χ4n) is 1.43. The lowest BCUT2D eigenvalue weighted by atomic mass is 10.2. The number of esters is 2. The molecule has 0 spiro atoms. The van der Waals surface area contributed by atoms with Gasteiger partial charge in [-0.05, 0) is 0 Å². The van der Waals surface area contributed by atoms with Crippen LogP contribution in [0.15, 0.2) is 0 Å². The lowest BCUT2D eigenvalue weighted by molar-refractivity contribution is -0.154. The molecular weight excluding hydrogens is 295 g/mol. The van der Waals surface area contributed by atoms with Gasteiger partial charge in [-0.15, -0.1) is 12.8 Å². The number of methoxy groups -OCH3 is 1. The Hall–Kier alpha value is -2.04. The van der Waals surface area contributed by atoms with Gasteiger partial charge in [-0.3, -0.25) is 0 Å². The third kappa shape index (κ3) is 5.76. The molecule has 1 rings (SSSR count). The summed E-state index contributed by atoms with van der Waals surface area (Å²) >= 11 is 0. The van der Waals surface area contributed by atoms with Crippen molar-refractivity contribution in [1.29, 1.82) is 0 Å². The van der Waals surface area contributed by atoms with E-state index in [0.29, 0.717) is 0 Å². The minimum Gasteiger partial charge on any atom is -0.451 e. The van der Waals surface area contributed by atoms with Crippen molar-refractivity contribution in [3.63, 3.8) is 0 Å². The molecule has 0 N–H and O–H groups in total. The van der Waals surface area contributed by atoms with Crippen molar-refractivity contribution in [3.05, 3.63) is 0 Å². The fraction of sp³-hybridized carbons (Fsp3) is 0.538. The van der Waals surface area contributed by atoms with Crippen LogP contribution in [-0.2, 0) is 37.8 Å². The van der Waals surface area contributed by atoms with Crippen LogP contribution in [0.4, 0.5) is 0 Å². The normalized spacial score (nSPS) is 18.1. The van der Waals surface area contributed by atoms with E-state index in [1.54, 1.807) is 0 Å². The Kier molecular flexibility index (Phi) is 8.04. The molecule has 0 amide bonds. The second-order valence-corrected chi connectivity index (χ2v) is 3.95. The third-order valence-electron chi connectivity index (χ3n) is 2.37. The quantitative estimate of drug-likeness (QED) is 0.313. The van der Waals surface area contributed by atoms with Crippen molar-refractivity contribution >= 4 is 19.3 Å². The Balaban J connectivity index is 2.47. The zero-order valence-corrected chi connectivity index (χ0v) is 12.0. The second kappa shape index (κ2) is 9.82. The molecule has 22 heavy (non-hydrogen) atoms. The molecule has 0 saturated carbocycles. The SMILES string of the molecule is C#CCOC(=O)C(COC)OB1OCC(C(=O)OCC#C)O1. The van der Waals surface area contributed by atoms with Gasteiger partial charge in [0.25, 0.3) is 0 Å². The van der Waals surface area contributed by atoms with Gasteiger partial charge >= 0.3 is 19.3 Å². The summed E-state index contributed by atoms with van der Waals surface area (Å²) in [5, 5.41) is 0. The molecule has 0 aromatic heterocycles. The molecule has 0 bridgehead atoms. The van der Waals surface area contributed by atoms with Crippen LogP contribution in [0.2, 0.25) is 0 Å². The molecular formula is C13H15BO8. The van der Waals surface area contributed by atoms with Crippen molar-refractivity contribution in [2.24, 2.45) is 0 Å². The number of terminal acetylenes is 2. The third-order valence-corrected chi connectivity index (χ3v) is 2.37. The molecule has 9 heteroatoms. The maximum absolute atomic E-state index is 11.7. The van der Waals surface area contributed by atoms with Gasteiger partial charge in [-0.1, -0.05) is 11.8 Å². The smallest absolute Gasteiger partial charge is 0.451 e. The number of carbonyl (C=O) groups excluding carboxylic acids is 2. The first-order chi connectivity index (χ1) is 10.6. The van der Waals surface area contributed by atoms with Crippen LogP contribution in [0.1, 0.15) is 0 Å². The maximum Gasteiger partial charge on any atom is 0.641 e. The van der Waals surface area contributed by atoms with Gasteiger partial charge in [0.1, 0.15) is 0 Å². The first kappa shape index (κ1) is 18.0. The van der Waals surface area contributed by atoms with E-state index in [1.807, 2.05) is 0 Å². The molecule has 2 atom stereocenters. The van der Waals surface area contributed by atoms with Crippen molar-refractivity contribution in [1.82, 2.24) is 0 Å². The summed E-state index contributed by atoms with van der Waals surface area (Å²) in [6.45, 7) is -0.559. The molecule has 1 aliphatic rings. The van der Waals surface area contributed by atoms with E-state index in [4.69, 9.17) is 41.0 Å². The highest BCUT2D eigenvalue weighted by atomic mass is 16.8. The predicted molar refractivity (Wildman–Crippen MR) is 72.9 cm³/mol. The van der Waals surface area contributed by atoms with Crippen molar-refractivity contribution in [2.75, 3.05) is 33.5 Å². The van der Waals surface area contributed by atoms with Crippen LogP contribution in [0, 0.1) is 24.7 Å². The zero-order valence-electron chi connectivity index (χ0n) is 12.0. The lowest BCUT2D eigenvalue weighted by Gasteiger charge is -2.16. The molecule has 0 aliphatic carbocycles. The summed E-state index contributed by atoms with van der Waals surface area (Å²) in [5.41, 5.74) is 0. The van der Waals surface area contributed by atoms with Crippen molar-refractivity contribution < 1.29 is 37.8 Å². The van der Waals surface area contributed by atoms with E-state index < -0.39 is 31.5 Å². The van der Waals surface area contributed by atoms with Crippen molar-refractivity contribution in [2.45, 2.75) is 12.2 Å². The van der Waals surface area contributed by atoms with Gasteiger partial charge in [-0.2, -0.15) is 0 Å². The van der Waals surface area contributed by atoms with Crippen LogP contribution in [-0.4, -0.2) is 65.0 Å². The molecule has 8 nitrogen and oxygen atoms in total. The molecule has 2 unspecified atom stereocenters. The predicted octanol–water partition coefficient (Wildman–Crippen LogP) is -1.23. The van der Waals surface area contributed by atoms with Gasteiger partial charge < -0.3 is 28.2 Å². The summed E-state index contributed by atoms with van der Waals surface area (Å²) < 4.78 is 29.8. The van der Waals surface area contributed by atoms with Gasteiger partial charge in [0.05, 0.1) is 13.2 Å². The topological polar surface area (TPSA) is 89.5 Å². The van der Waals surface area contributed by atoms with Gasteiger partial charge in [0.15, 0.2) is 25.4 Å². The number of carbonyl (C=O) groups is 2. The van der Waals surface area contributed by atoms with E-state index in [0.717, 1.165) is 0 Å². The average Bonchev–Trinajstić information content (AvgIpc) is 2.98. The van der Waals surface area contributed by atoms with Crippen molar-refractivity contribution in [3.8, 4) is 24.7 Å². The Labute approximate surface area is 128 Å². The summed E-state index contributed by atoms with van der Waals surface area (Å²) in [6.07, 6.45) is 7.87. The average molecular weight is 310 g/mol. The molecule has 0 aromatic carbocycles.